The number of rotatable bonds is 6. The summed E-state index contributed by atoms with van der Waals surface area (Å²) in [5.74, 6) is -3.26. The van der Waals surface area contributed by atoms with Crippen LogP contribution in [0.25, 0.3) is 23.0 Å². The second kappa shape index (κ2) is 9.49. The van der Waals surface area contributed by atoms with Gasteiger partial charge in [-0.05, 0) is 30.3 Å². The summed E-state index contributed by atoms with van der Waals surface area (Å²) in [7, 11) is 0. The molecule has 0 aliphatic carbocycles. The number of benzene rings is 3. The molecule has 0 spiro atoms. The molecule has 0 aliphatic heterocycles. The molecule has 0 N–H and O–H groups in total. The molecule has 0 radical (unpaired) electrons. The van der Waals surface area contributed by atoms with E-state index < -0.39 is 23.3 Å². The Morgan fingerprint density at radius 3 is 2.03 bits per heavy atom. The first-order valence-electron chi connectivity index (χ1n) is 10.1. The predicted molar refractivity (Wildman–Crippen MR) is 124 cm³/mol. The zero-order valence-electron chi connectivity index (χ0n) is 17.5. The molecular weight excluding hydrogens is 465 g/mol. The van der Waals surface area contributed by atoms with Crippen molar-refractivity contribution in [3.05, 3.63) is 113 Å². The van der Waals surface area contributed by atoms with Gasteiger partial charge in [0.05, 0.1) is 17.0 Å². The third kappa shape index (κ3) is 5.00. The first-order valence-corrected chi connectivity index (χ1v) is 10.5. The number of para-hydroxylation sites is 1. The lowest BCUT2D eigenvalue weighted by atomic mass is 9.96. The zero-order valence-corrected chi connectivity index (χ0v) is 18.2. The quantitative estimate of drug-likeness (QED) is 0.135. The van der Waals surface area contributed by atoms with E-state index in [4.69, 9.17) is 11.6 Å². The van der Waals surface area contributed by atoms with Gasteiger partial charge in [0, 0.05) is 27.9 Å². The number of carbonyl (C=O) groups is 2. The Bertz CT molecular complexity index is 1360. The van der Waals surface area contributed by atoms with Crippen LogP contribution in [0.3, 0.4) is 0 Å². The number of allylic oxidation sites excluding steroid dienone is 1. The predicted octanol–water partition coefficient (Wildman–Crippen LogP) is 6.59. The molecule has 4 nitrogen and oxygen atoms in total. The van der Waals surface area contributed by atoms with Crippen molar-refractivity contribution in [3.8, 4) is 16.9 Å². The van der Waals surface area contributed by atoms with Crippen LogP contribution in [0.2, 0.25) is 5.02 Å². The minimum absolute atomic E-state index is 0.0326. The summed E-state index contributed by atoms with van der Waals surface area (Å²) < 4.78 is 41.8. The van der Waals surface area contributed by atoms with Gasteiger partial charge in [0.2, 0.25) is 0 Å². The molecule has 0 saturated carbocycles. The van der Waals surface area contributed by atoms with Crippen molar-refractivity contribution in [3.63, 3.8) is 0 Å². The van der Waals surface area contributed by atoms with Crippen LogP contribution in [0.5, 0.6) is 0 Å². The van der Waals surface area contributed by atoms with Crippen molar-refractivity contribution < 1.29 is 22.8 Å². The summed E-state index contributed by atoms with van der Waals surface area (Å²) >= 11 is 5.97. The standard InChI is InChI=1S/C26H16ClF3N2O2/c27-20-13-11-17(12-14-20)23-19(16-32(31-23)21-9-5-2-6-10-21)15-22(25(34)26(28,29)30)24(33)18-7-3-1-4-8-18/h1-16H/b22-15+. The maximum absolute atomic E-state index is 13.4. The first kappa shape index (κ1) is 23.2. The molecule has 170 valence electrons. The van der Waals surface area contributed by atoms with E-state index in [9.17, 15) is 22.8 Å². The van der Waals surface area contributed by atoms with E-state index in [1.54, 1.807) is 54.6 Å². The Hall–Kier alpha value is -3.97. The lowest BCUT2D eigenvalue weighted by Gasteiger charge is -2.09. The van der Waals surface area contributed by atoms with Crippen molar-refractivity contribution in [1.82, 2.24) is 9.78 Å². The summed E-state index contributed by atoms with van der Waals surface area (Å²) in [4.78, 5) is 25.3. The molecule has 0 aliphatic rings. The molecule has 0 amide bonds. The maximum atomic E-state index is 13.4. The SMILES string of the molecule is O=C(/C(=C\c1cn(-c2ccccc2)nc1-c1ccc(Cl)cc1)C(=O)C(F)(F)F)c1ccccc1. The number of Topliss-reactive ketones (excluding diaryl/α,β-unsaturated/α-hetero) is 2. The molecule has 4 aromatic rings. The van der Waals surface area contributed by atoms with Crippen LogP contribution in [0.4, 0.5) is 13.2 Å². The highest BCUT2D eigenvalue weighted by Crippen LogP contribution is 2.30. The summed E-state index contributed by atoms with van der Waals surface area (Å²) in [5, 5.41) is 4.98. The van der Waals surface area contributed by atoms with Crippen LogP contribution in [-0.2, 0) is 4.79 Å². The first-order chi connectivity index (χ1) is 16.2. The van der Waals surface area contributed by atoms with Gasteiger partial charge in [-0.15, -0.1) is 0 Å². The number of alkyl halides is 3. The Labute approximate surface area is 197 Å². The molecule has 0 saturated heterocycles. The minimum atomic E-state index is -5.23. The lowest BCUT2D eigenvalue weighted by Crippen LogP contribution is -2.28. The number of hydrogen-bond acceptors (Lipinski definition) is 3. The molecule has 3 aromatic carbocycles. The van der Waals surface area contributed by atoms with Crippen LogP contribution in [0.1, 0.15) is 15.9 Å². The molecular formula is C26H16ClF3N2O2. The average molecular weight is 481 g/mol. The Kier molecular flexibility index (Phi) is 6.47. The van der Waals surface area contributed by atoms with Crippen molar-refractivity contribution >= 4 is 29.2 Å². The normalized spacial score (nSPS) is 11.9. The zero-order chi connectivity index (χ0) is 24.3. The lowest BCUT2D eigenvalue weighted by molar-refractivity contribution is -0.166. The molecule has 34 heavy (non-hydrogen) atoms. The van der Waals surface area contributed by atoms with Crippen LogP contribution in [0.15, 0.2) is 96.7 Å². The molecule has 0 atom stereocenters. The largest absolute Gasteiger partial charge is 0.455 e. The van der Waals surface area contributed by atoms with Gasteiger partial charge < -0.3 is 0 Å². The minimum Gasteiger partial charge on any atom is -0.288 e. The van der Waals surface area contributed by atoms with Crippen LogP contribution < -0.4 is 0 Å². The summed E-state index contributed by atoms with van der Waals surface area (Å²) in [6.45, 7) is 0. The van der Waals surface area contributed by atoms with Crippen molar-refractivity contribution in [1.29, 1.82) is 0 Å². The highest BCUT2D eigenvalue weighted by molar-refractivity contribution is 6.31. The van der Waals surface area contributed by atoms with Gasteiger partial charge in [0.25, 0.3) is 5.78 Å². The number of aromatic nitrogens is 2. The molecule has 1 heterocycles. The van der Waals surface area contributed by atoms with Crippen molar-refractivity contribution in [2.45, 2.75) is 6.18 Å². The van der Waals surface area contributed by atoms with Gasteiger partial charge in [-0.1, -0.05) is 72.3 Å². The third-order valence-electron chi connectivity index (χ3n) is 4.96. The Balaban J connectivity index is 1.92. The van der Waals surface area contributed by atoms with E-state index in [0.717, 1.165) is 6.08 Å². The van der Waals surface area contributed by atoms with E-state index in [2.05, 4.69) is 5.10 Å². The molecule has 4 rings (SSSR count). The monoisotopic (exact) mass is 480 g/mol. The van der Waals surface area contributed by atoms with E-state index in [1.807, 2.05) is 6.07 Å². The average Bonchev–Trinajstić information content (AvgIpc) is 3.26. The van der Waals surface area contributed by atoms with Crippen molar-refractivity contribution in [2.24, 2.45) is 0 Å². The second-order valence-corrected chi connectivity index (χ2v) is 7.74. The fourth-order valence-corrected chi connectivity index (χ4v) is 3.45. The number of ketones is 2. The molecule has 0 unspecified atom stereocenters. The molecule has 0 fully saturated rings. The summed E-state index contributed by atoms with van der Waals surface area (Å²) in [6, 6.07) is 22.8. The number of carbonyl (C=O) groups excluding carboxylic acids is 2. The molecule has 0 bridgehead atoms. The topological polar surface area (TPSA) is 52.0 Å². The van der Waals surface area contributed by atoms with E-state index in [-0.39, 0.29) is 16.8 Å². The Morgan fingerprint density at radius 1 is 0.853 bits per heavy atom. The van der Waals surface area contributed by atoms with Gasteiger partial charge in [0.1, 0.15) is 0 Å². The van der Waals surface area contributed by atoms with Gasteiger partial charge in [-0.3, -0.25) is 9.59 Å². The van der Waals surface area contributed by atoms with Gasteiger partial charge in [-0.25, -0.2) is 4.68 Å². The van der Waals surface area contributed by atoms with Gasteiger partial charge in [-0.2, -0.15) is 18.3 Å². The third-order valence-corrected chi connectivity index (χ3v) is 5.22. The highest BCUT2D eigenvalue weighted by Gasteiger charge is 2.43. The summed E-state index contributed by atoms with van der Waals surface area (Å²) in [6.07, 6.45) is -2.81. The second-order valence-electron chi connectivity index (χ2n) is 7.30. The highest BCUT2D eigenvalue weighted by atomic mass is 35.5. The molecule has 1 aromatic heterocycles. The van der Waals surface area contributed by atoms with Gasteiger partial charge >= 0.3 is 6.18 Å². The summed E-state index contributed by atoms with van der Waals surface area (Å²) in [5.41, 5.74) is 0.625. The van der Waals surface area contributed by atoms with Crippen molar-refractivity contribution in [2.75, 3.05) is 0 Å². The Morgan fingerprint density at radius 2 is 1.44 bits per heavy atom. The van der Waals surface area contributed by atoms with E-state index >= 15 is 0 Å². The number of halogens is 4. The van der Waals surface area contributed by atoms with E-state index in [1.165, 1.54) is 35.1 Å². The van der Waals surface area contributed by atoms with E-state index in [0.29, 0.717) is 16.3 Å². The number of hydrogen-bond donors (Lipinski definition) is 0. The van der Waals surface area contributed by atoms with Gasteiger partial charge in [0.15, 0.2) is 5.78 Å². The van der Waals surface area contributed by atoms with Crippen LogP contribution in [0, 0.1) is 0 Å². The van der Waals surface area contributed by atoms with Crippen LogP contribution >= 0.6 is 11.6 Å². The smallest absolute Gasteiger partial charge is 0.288 e. The fraction of sp³-hybridized carbons (Fsp3) is 0.0385. The fourth-order valence-electron chi connectivity index (χ4n) is 3.33. The van der Waals surface area contributed by atoms with Crippen LogP contribution in [-0.4, -0.2) is 27.5 Å². The molecule has 8 heteroatoms. The maximum Gasteiger partial charge on any atom is 0.455 e. The number of nitrogens with zero attached hydrogens (tertiary/aromatic N) is 2.